The van der Waals surface area contributed by atoms with E-state index in [0.717, 1.165) is 6.07 Å². The molecule has 1 saturated heterocycles. The first kappa shape index (κ1) is 23.7. The van der Waals surface area contributed by atoms with E-state index in [2.05, 4.69) is 10.0 Å². The Balaban J connectivity index is 1.85. The Morgan fingerprint density at radius 3 is 2.67 bits per heavy atom. The lowest BCUT2D eigenvalue weighted by molar-refractivity contribution is -0.118. The molecule has 1 aromatic carbocycles. The fourth-order valence-electron chi connectivity index (χ4n) is 2.62. The Labute approximate surface area is 172 Å². The van der Waals surface area contributed by atoms with Crippen LogP contribution in [0, 0.1) is 5.82 Å². The molecule has 0 spiro atoms. The van der Waals surface area contributed by atoms with Gasteiger partial charge in [0.15, 0.2) is 11.6 Å². The van der Waals surface area contributed by atoms with Gasteiger partial charge in [-0.25, -0.2) is 31.1 Å². The zero-order valence-corrected chi connectivity index (χ0v) is 16.9. The van der Waals surface area contributed by atoms with E-state index >= 15 is 0 Å². The van der Waals surface area contributed by atoms with E-state index in [1.165, 1.54) is 24.0 Å². The second-order valence-electron chi connectivity index (χ2n) is 6.54. The Hall–Kier alpha value is -2.60. The number of carbonyl (C=O) groups excluding carboxylic acids is 2. The van der Waals surface area contributed by atoms with Gasteiger partial charge < -0.3 is 9.64 Å². The first-order valence-electron chi connectivity index (χ1n) is 9.01. The third-order valence-corrected chi connectivity index (χ3v) is 5.58. The van der Waals surface area contributed by atoms with Crippen molar-refractivity contribution in [3.05, 3.63) is 41.7 Å². The molecule has 0 aliphatic carbocycles. The van der Waals surface area contributed by atoms with Crippen molar-refractivity contribution in [2.75, 3.05) is 25.4 Å². The number of rotatable bonds is 11. The van der Waals surface area contributed by atoms with Gasteiger partial charge in [0.1, 0.15) is 13.2 Å². The predicted octanol–water partition coefficient (Wildman–Crippen LogP) is 1.95. The number of benzene rings is 1. The smallest absolute Gasteiger partial charge is 0.324 e. The molecule has 1 aliphatic heterocycles. The topological polar surface area (TPSA) is 105 Å². The minimum Gasteiger partial charge on any atom is -0.485 e. The summed E-state index contributed by atoms with van der Waals surface area (Å²) in [6.45, 7) is 0.695. The van der Waals surface area contributed by atoms with E-state index in [1.54, 1.807) is 12.2 Å². The van der Waals surface area contributed by atoms with Gasteiger partial charge in [0, 0.05) is 12.6 Å². The van der Waals surface area contributed by atoms with Crippen LogP contribution in [0.5, 0.6) is 5.75 Å². The number of carbonyl (C=O) groups is 2. The van der Waals surface area contributed by atoms with Gasteiger partial charge in [-0.3, -0.25) is 10.1 Å². The van der Waals surface area contributed by atoms with E-state index < -0.39 is 46.9 Å². The number of halogens is 3. The molecule has 1 aromatic rings. The van der Waals surface area contributed by atoms with Crippen molar-refractivity contribution in [3.63, 3.8) is 0 Å². The van der Waals surface area contributed by atoms with Crippen molar-refractivity contribution in [2.24, 2.45) is 0 Å². The van der Waals surface area contributed by atoms with Crippen LogP contribution in [-0.4, -0.2) is 57.1 Å². The fraction of sp³-hybridized carbons (Fsp3) is 0.444. The molecule has 0 aromatic heterocycles. The van der Waals surface area contributed by atoms with Gasteiger partial charge in [-0.2, -0.15) is 0 Å². The van der Waals surface area contributed by atoms with Crippen LogP contribution in [0.1, 0.15) is 24.9 Å². The molecular weight excluding hydrogens is 427 g/mol. The van der Waals surface area contributed by atoms with Gasteiger partial charge in [-0.15, -0.1) is 0 Å². The second-order valence-corrected chi connectivity index (χ2v) is 8.42. The SMILES string of the molecule is CC(NS(=O)(=O)CC/C=C/CN1CC(=O)NC1=O)c1ccc(F)c(OCC(F)F)c1. The van der Waals surface area contributed by atoms with Crippen LogP contribution in [0.25, 0.3) is 0 Å². The molecular formula is C18H22F3N3O5S. The predicted molar refractivity (Wildman–Crippen MR) is 102 cm³/mol. The van der Waals surface area contributed by atoms with Crippen LogP contribution in [0.3, 0.4) is 0 Å². The normalized spacial score (nSPS) is 15.8. The Bertz CT molecular complexity index is 908. The van der Waals surface area contributed by atoms with Crippen molar-refractivity contribution in [1.29, 1.82) is 0 Å². The van der Waals surface area contributed by atoms with Gasteiger partial charge >= 0.3 is 6.03 Å². The molecule has 1 fully saturated rings. The number of imide groups is 1. The lowest BCUT2D eigenvalue weighted by Crippen LogP contribution is -2.29. The molecule has 1 aliphatic rings. The molecule has 1 heterocycles. The Morgan fingerprint density at radius 2 is 2.03 bits per heavy atom. The van der Waals surface area contributed by atoms with Crippen LogP contribution >= 0.6 is 0 Å². The quantitative estimate of drug-likeness (QED) is 0.397. The number of urea groups is 1. The molecule has 2 N–H and O–H groups in total. The Morgan fingerprint density at radius 1 is 1.30 bits per heavy atom. The number of amides is 3. The van der Waals surface area contributed by atoms with Crippen LogP contribution in [0.2, 0.25) is 0 Å². The van der Waals surface area contributed by atoms with Gasteiger partial charge in [0.25, 0.3) is 6.43 Å². The number of sulfonamides is 1. The number of ether oxygens (including phenoxy) is 1. The highest BCUT2D eigenvalue weighted by Crippen LogP contribution is 2.24. The van der Waals surface area contributed by atoms with Crippen molar-refractivity contribution in [2.45, 2.75) is 25.8 Å². The highest BCUT2D eigenvalue weighted by Gasteiger charge is 2.25. The van der Waals surface area contributed by atoms with Gasteiger partial charge in [0.05, 0.1) is 5.75 Å². The number of nitrogens with zero attached hydrogens (tertiary/aromatic N) is 1. The maximum atomic E-state index is 13.7. The summed E-state index contributed by atoms with van der Waals surface area (Å²) in [7, 11) is -3.70. The summed E-state index contributed by atoms with van der Waals surface area (Å²) in [5.74, 6) is -1.84. The van der Waals surface area contributed by atoms with Gasteiger partial charge in [-0.05, 0) is 31.0 Å². The molecule has 0 bridgehead atoms. The summed E-state index contributed by atoms with van der Waals surface area (Å²) in [6, 6.07) is 2.28. The number of allylic oxidation sites excluding steroid dienone is 1. The molecule has 30 heavy (non-hydrogen) atoms. The molecule has 166 valence electrons. The Kier molecular flexibility index (Phi) is 8.24. The van der Waals surface area contributed by atoms with Crippen LogP contribution in [0.15, 0.2) is 30.4 Å². The average Bonchev–Trinajstić information content (AvgIpc) is 2.97. The van der Waals surface area contributed by atoms with Crippen molar-refractivity contribution in [3.8, 4) is 5.75 Å². The van der Waals surface area contributed by atoms with Crippen LogP contribution in [-0.2, 0) is 14.8 Å². The van der Waals surface area contributed by atoms with E-state index in [1.807, 2.05) is 0 Å². The number of hydrogen-bond acceptors (Lipinski definition) is 5. The van der Waals surface area contributed by atoms with Gasteiger partial charge in [0.2, 0.25) is 15.9 Å². The molecule has 0 radical (unpaired) electrons. The standard InChI is InChI=1S/C18H22F3N3O5S/c1-12(13-5-6-14(19)15(9-13)29-11-16(20)21)23-30(27,28)8-4-2-3-7-24-10-17(25)22-18(24)26/h2-3,5-6,9,12,16,23H,4,7-8,10-11H2,1H3,(H,22,25,26)/b3-2+. The van der Waals surface area contributed by atoms with Crippen LogP contribution in [0.4, 0.5) is 18.0 Å². The number of hydrogen-bond donors (Lipinski definition) is 2. The summed E-state index contributed by atoms with van der Waals surface area (Å²) in [4.78, 5) is 23.7. The molecule has 1 atom stereocenters. The lowest BCUT2D eigenvalue weighted by Gasteiger charge is -2.16. The highest BCUT2D eigenvalue weighted by atomic mass is 32.2. The lowest BCUT2D eigenvalue weighted by atomic mass is 10.1. The molecule has 1 unspecified atom stereocenters. The van der Waals surface area contributed by atoms with Crippen molar-refractivity contribution in [1.82, 2.24) is 14.9 Å². The van der Waals surface area contributed by atoms with E-state index in [0.29, 0.717) is 5.56 Å². The monoisotopic (exact) mass is 449 g/mol. The third-order valence-electron chi connectivity index (χ3n) is 4.09. The number of nitrogens with one attached hydrogen (secondary N) is 2. The molecule has 2 rings (SSSR count). The summed E-state index contributed by atoms with van der Waals surface area (Å²) in [5, 5.41) is 2.13. The molecule has 3 amide bonds. The zero-order chi connectivity index (χ0) is 22.3. The number of alkyl halides is 2. The molecule has 8 nitrogen and oxygen atoms in total. The second kappa shape index (κ2) is 10.4. The summed E-state index contributed by atoms with van der Waals surface area (Å²) < 4.78 is 69.7. The maximum Gasteiger partial charge on any atom is 0.324 e. The minimum atomic E-state index is -3.70. The maximum absolute atomic E-state index is 13.7. The van der Waals surface area contributed by atoms with Crippen molar-refractivity contribution >= 4 is 22.0 Å². The summed E-state index contributed by atoms with van der Waals surface area (Å²) >= 11 is 0. The summed E-state index contributed by atoms with van der Waals surface area (Å²) in [6.07, 6.45) is 0.563. The zero-order valence-electron chi connectivity index (χ0n) is 16.1. The largest absolute Gasteiger partial charge is 0.485 e. The highest BCUT2D eigenvalue weighted by molar-refractivity contribution is 7.89. The first-order valence-corrected chi connectivity index (χ1v) is 10.7. The van der Waals surface area contributed by atoms with Crippen molar-refractivity contribution < 1.29 is 35.9 Å². The van der Waals surface area contributed by atoms with E-state index in [-0.39, 0.29) is 31.0 Å². The van der Waals surface area contributed by atoms with E-state index in [4.69, 9.17) is 4.74 Å². The molecule has 12 heteroatoms. The van der Waals surface area contributed by atoms with E-state index in [9.17, 15) is 31.2 Å². The van der Waals surface area contributed by atoms with Gasteiger partial charge in [-0.1, -0.05) is 18.2 Å². The first-order chi connectivity index (χ1) is 14.1. The summed E-state index contributed by atoms with van der Waals surface area (Å²) in [5.41, 5.74) is 0.351. The fourth-order valence-corrected chi connectivity index (χ4v) is 3.86. The minimum absolute atomic E-state index is 0.0404. The average molecular weight is 449 g/mol. The van der Waals surface area contributed by atoms with Crippen LogP contribution < -0.4 is 14.8 Å². The molecule has 0 saturated carbocycles. The third kappa shape index (κ3) is 7.34.